The molecule has 0 bridgehead atoms. The minimum Gasteiger partial charge on any atom is -0.490 e. The van der Waals surface area contributed by atoms with Crippen LogP contribution in [0.15, 0.2) is 18.2 Å². The number of fused-ring (bicyclic) bond motifs is 1. The van der Waals surface area contributed by atoms with Crippen molar-refractivity contribution in [2.24, 2.45) is 5.92 Å². The molecule has 0 unspecified atom stereocenters. The Hall–Kier alpha value is -1.80. The molecule has 3 rings (SSSR count). The van der Waals surface area contributed by atoms with Crippen LogP contribution in [0.4, 0.5) is 11.4 Å². The van der Waals surface area contributed by atoms with Crippen molar-refractivity contribution in [3.63, 3.8) is 0 Å². The van der Waals surface area contributed by atoms with Gasteiger partial charge < -0.3 is 15.0 Å². The van der Waals surface area contributed by atoms with Crippen LogP contribution < -0.4 is 15.0 Å². The molecule has 0 aliphatic carbocycles. The Labute approximate surface area is 142 Å². The molecule has 132 valence electrons. The summed E-state index contributed by atoms with van der Waals surface area (Å²) in [5.74, 6) is 0.610. The van der Waals surface area contributed by atoms with Gasteiger partial charge in [0.05, 0.1) is 18.5 Å². The second-order valence-corrected chi connectivity index (χ2v) is 8.36. The highest BCUT2D eigenvalue weighted by atomic mass is 32.2. The lowest BCUT2D eigenvalue weighted by Gasteiger charge is -2.30. The van der Waals surface area contributed by atoms with Gasteiger partial charge in [-0.25, -0.2) is 12.7 Å². The van der Waals surface area contributed by atoms with Crippen LogP contribution in [0.25, 0.3) is 0 Å². The Bertz CT molecular complexity index is 727. The summed E-state index contributed by atoms with van der Waals surface area (Å²) in [4.78, 5) is 14.5. The van der Waals surface area contributed by atoms with Crippen molar-refractivity contribution in [2.75, 3.05) is 49.8 Å². The number of likely N-dealkylation sites (N-methyl/N-ethyl adjacent to an activating group) is 1. The van der Waals surface area contributed by atoms with E-state index >= 15 is 0 Å². The van der Waals surface area contributed by atoms with E-state index in [4.69, 9.17) is 4.74 Å². The highest BCUT2D eigenvalue weighted by Crippen LogP contribution is 2.33. The molecule has 2 aliphatic rings. The number of amides is 1. The summed E-state index contributed by atoms with van der Waals surface area (Å²) in [6.45, 7) is 2.28. The molecule has 0 saturated carbocycles. The third-order valence-corrected chi connectivity index (χ3v) is 5.92. The van der Waals surface area contributed by atoms with Crippen molar-refractivity contribution >= 4 is 27.3 Å². The molecule has 8 heteroatoms. The highest BCUT2D eigenvalue weighted by Gasteiger charge is 2.29. The maximum atomic E-state index is 12.4. The maximum Gasteiger partial charge on any atom is 0.227 e. The van der Waals surface area contributed by atoms with Crippen LogP contribution in [0.5, 0.6) is 5.75 Å². The second kappa shape index (κ2) is 6.60. The quantitative estimate of drug-likeness (QED) is 0.881. The normalized spacial score (nSPS) is 19.5. The van der Waals surface area contributed by atoms with Gasteiger partial charge in [0.15, 0.2) is 0 Å². The molecule has 1 amide bonds. The van der Waals surface area contributed by atoms with Crippen LogP contribution in [-0.4, -0.2) is 58.2 Å². The predicted molar refractivity (Wildman–Crippen MR) is 93.0 cm³/mol. The van der Waals surface area contributed by atoms with E-state index in [0.29, 0.717) is 32.5 Å². The minimum absolute atomic E-state index is 0.0533. The number of nitrogens with zero attached hydrogens (tertiary/aromatic N) is 2. The average molecular weight is 353 g/mol. The summed E-state index contributed by atoms with van der Waals surface area (Å²) in [7, 11) is -1.17. The van der Waals surface area contributed by atoms with E-state index < -0.39 is 10.0 Å². The fourth-order valence-corrected chi connectivity index (χ4v) is 4.00. The number of benzene rings is 1. The lowest BCUT2D eigenvalue weighted by Crippen LogP contribution is -2.40. The molecule has 2 heterocycles. The summed E-state index contributed by atoms with van der Waals surface area (Å²) in [6.07, 6.45) is 2.30. The molecule has 0 atom stereocenters. The molecule has 1 aromatic rings. The van der Waals surface area contributed by atoms with Crippen LogP contribution in [0.1, 0.15) is 12.8 Å². The number of hydrogen-bond donors (Lipinski definition) is 1. The number of nitrogens with one attached hydrogen (secondary N) is 1. The lowest BCUT2D eigenvalue weighted by molar-refractivity contribution is -0.120. The van der Waals surface area contributed by atoms with Crippen LogP contribution in [0, 0.1) is 5.92 Å². The van der Waals surface area contributed by atoms with E-state index in [0.717, 1.165) is 23.7 Å². The number of rotatable bonds is 3. The van der Waals surface area contributed by atoms with Gasteiger partial charge in [0, 0.05) is 31.7 Å². The van der Waals surface area contributed by atoms with E-state index in [1.165, 1.54) is 10.6 Å². The van der Waals surface area contributed by atoms with Gasteiger partial charge in [-0.2, -0.15) is 0 Å². The van der Waals surface area contributed by atoms with Crippen molar-refractivity contribution in [2.45, 2.75) is 12.8 Å². The van der Waals surface area contributed by atoms with Gasteiger partial charge in [-0.05, 0) is 31.0 Å². The van der Waals surface area contributed by atoms with Crippen LogP contribution in [0.2, 0.25) is 0 Å². The molecule has 0 aromatic heterocycles. The number of anilines is 2. The Morgan fingerprint density at radius 3 is 2.62 bits per heavy atom. The van der Waals surface area contributed by atoms with E-state index in [9.17, 15) is 13.2 Å². The van der Waals surface area contributed by atoms with Crippen LogP contribution in [-0.2, 0) is 14.8 Å². The smallest absolute Gasteiger partial charge is 0.227 e. The SMILES string of the molecule is CN1CCOc2ccc(NC(=O)C3CCN(S(C)(=O)=O)CC3)cc21. The molecular formula is C16H23N3O4S. The Kier molecular flexibility index (Phi) is 4.69. The third kappa shape index (κ3) is 3.64. The molecule has 2 aliphatic heterocycles. The summed E-state index contributed by atoms with van der Waals surface area (Å²) in [5.41, 5.74) is 1.70. The largest absolute Gasteiger partial charge is 0.490 e. The molecule has 1 N–H and O–H groups in total. The zero-order chi connectivity index (χ0) is 17.3. The summed E-state index contributed by atoms with van der Waals surface area (Å²) < 4.78 is 30.1. The first-order chi connectivity index (χ1) is 11.3. The standard InChI is InChI=1S/C16H23N3O4S/c1-18-9-10-23-15-4-3-13(11-14(15)18)17-16(20)12-5-7-19(8-6-12)24(2,21)22/h3-4,11-12H,5-10H2,1-2H3,(H,17,20). The monoisotopic (exact) mass is 353 g/mol. The van der Waals surface area contributed by atoms with Gasteiger partial charge in [0.2, 0.25) is 15.9 Å². The first-order valence-electron chi connectivity index (χ1n) is 8.08. The van der Waals surface area contributed by atoms with Crippen LogP contribution >= 0.6 is 0 Å². The summed E-state index contributed by atoms with van der Waals surface area (Å²) in [6, 6.07) is 5.62. The topological polar surface area (TPSA) is 79.0 Å². The number of carbonyl (C=O) groups excluding carboxylic acids is 1. The highest BCUT2D eigenvalue weighted by molar-refractivity contribution is 7.88. The zero-order valence-electron chi connectivity index (χ0n) is 14.0. The van der Waals surface area contributed by atoms with Crippen molar-refractivity contribution in [1.29, 1.82) is 0 Å². The van der Waals surface area contributed by atoms with Gasteiger partial charge in [0.25, 0.3) is 0 Å². The van der Waals surface area contributed by atoms with Crippen molar-refractivity contribution in [1.82, 2.24) is 4.31 Å². The van der Waals surface area contributed by atoms with Crippen LogP contribution in [0.3, 0.4) is 0 Å². The number of hydrogen-bond acceptors (Lipinski definition) is 5. The summed E-state index contributed by atoms with van der Waals surface area (Å²) in [5, 5.41) is 2.95. The molecule has 0 radical (unpaired) electrons. The van der Waals surface area contributed by atoms with Gasteiger partial charge in [-0.1, -0.05) is 0 Å². The van der Waals surface area contributed by atoms with E-state index in [2.05, 4.69) is 10.2 Å². The Morgan fingerprint density at radius 1 is 1.25 bits per heavy atom. The average Bonchev–Trinajstić information content (AvgIpc) is 2.55. The number of sulfonamides is 1. The molecule has 1 aromatic carbocycles. The van der Waals surface area contributed by atoms with Gasteiger partial charge >= 0.3 is 0 Å². The Balaban J connectivity index is 1.63. The molecule has 1 fully saturated rings. The number of carbonyl (C=O) groups is 1. The van der Waals surface area contributed by atoms with E-state index in [1.807, 2.05) is 25.2 Å². The lowest BCUT2D eigenvalue weighted by atomic mass is 9.97. The zero-order valence-corrected chi connectivity index (χ0v) is 14.8. The van der Waals surface area contributed by atoms with Crippen molar-refractivity contribution in [3.8, 4) is 5.75 Å². The van der Waals surface area contributed by atoms with E-state index in [-0.39, 0.29) is 11.8 Å². The fraction of sp³-hybridized carbons (Fsp3) is 0.562. The van der Waals surface area contributed by atoms with E-state index in [1.54, 1.807) is 0 Å². The van der Waals surface area contributed by atoms with Gasteiger partial charge in [-0.15, -0.1) is 0 Å². The first-order valence-corrected chi connectivity index (χ1v) is 9.93. The molecular weight excluding hydrogens is 330 g/mol. The minimum atomic E-state index is -3.17. The molecule has 1 saturated heterocycles. The number of ether oxygens (including phenoxy) is 1. The Morgan fingerprint density at radius 2 is 1.96 bits per heavy atom. The molecule has 24 heavy (non-hydrogen) atoms. The number of piperidine rings is 1. The van der Waals surface area contributed by atoms with Gasteiger partial charge in [0.1, 0.15) is 12.4 Å². The summed E-state index contributed by atoms with van der Waals surface area (Å²) >= 11 is 0. The predicted octanol–water partition coefficient (Wildman–Crippen LogP) is 1.13. The second-order valence-electron chi connectivity index (χ2n) is 6.38. The van der Waals surface area contributed by atoms with Gasteiger partial charge in [-0.3, -0.25) is 4.79 Å². The third-order valence-electron chi connectivity index (χ3n) is 4.62. The van der Waals surface area contributed by atoms with Crippen molar-refractivity contribution < 1.29 is 17.9 Å². The first kappa shape index (κ1) is 17.0. The maximum absolute atomic E-state index is 12.4. The molecule has 0 spiro atoms. The van der Waals surface area contributed by atoms with Crippen molar-refractivity contribution in [3.05, 3.63) is 18.2 Å². The fourth-order valence-electron chi connectivity index (χ4n) is 3.12. The molecule has 7 nitrogen and oxygen atoms in total.